The highest BCUT2D eigenvalue weighted by atomic mass is 16.2. The van der Waals surface area contributed by atoms with Crippen LogP contribution in [0.4, 0.5) is 0 Å². The van der Waals surface area contributed by atoms with Crippen molar-refractivity contribution in [3.05, 3.63) is 23.5 Å². The molecule has 2 aliphatic rings. The molecule has 0 aromatic carbocycles. The number of hydrogen-bond donors (Lipinski definition) is 2. The van der Waals surface area contributed by atoms with Crippen LogP contribution >= 0.6 is 0 Å². The van der Waals surface area contributed by atoms with Crippen LogP contribution in [0.25, 0.3) is 0 Å². The van der Waals surface area contributed by atoms with Gasteiger partial charge >= 0.3 is 0 Å². The second kappa shape index (κ2) is 7.77. The first-order valence-corrected chi connectivity index (χ1v) is 9.08. The number of hydrogen-bond acceptors (Lipinski definition) is 2. The van der Waals surface area contributed by atoms with E-state index < -0.39 is 0 Å². The maximum atomic E-state index is 12.5. The molecule has 0 unspecified atom stereocenters. The molecule has 0 spiro atoms. The van der Waals surface area contributed by atoms with Gasteiger partial charge in [-0.2, -0.15) is 0 Å². The lowest BCUT2D eigenvalue weighted by Crippen LogP contribution is -3.13. The number of carbonyl (C=O) groups excluding carboxylic acids is 2. The molecule has 1 aromatic heterocycles. The summed E-state index contributed by atoms with van der Waals surface area (Å²) < 4.78 is 0. The lowest BCUT2D eigenvalue weighted by Gasteiger charge is -2.20. The van der Waals surface area contributed by atoms with E-state index in [1.54, 1.807) is 12.3 Å². The molecule has 5 heteroatoms. The molecule has 0 radical (unpaired) electrons. The number of nitrogens with zero attached hydrogens (tertiary/aromatic N) is 1. The van der Waals surface area contributed by atoms with E-state index in [0.29, 0.717) is 17.8 Å². The van der Waals surface area contributed by atoms with Crippen molar-refractivity contribution in [1.29, 1.82) is 0 Å². The van der Waals surface area contributed by atoms with Gasteiger partial charge in [-0.15, -0.1) is 0 Å². The highest BCUT2D eigenvalue weighted by molar-refractivity contribution is 6.00. The molecule has 2 saturated heterocycles. The van der Waals surface area contributed by atoms with Crippen LogP contribution in [0, 0.1) is 0 Å². The third kappa shape index (κ3) is 4.22. The molecule has 23 heavy (non-hydrogen) atoms. The zero-order chi connectivity index (χ0) is 16.1. The van der Waals surface area contributed by atoms with Crippen molar-refractivity contribution < 1.29 is 14.5 Å². The average molecular weight is 318 g/mol. The van der Waals surface area contributed by atoms with Gasteiger partial charge in [-0.25, -0.2) is 0 Å². The number of likely N-dealkylation sites (tertiary alicyclic amines) is 2. The molecule has 1 amide bonds. The summed E-state index contributed by atoms with van der Waals surface area (Å²) in [6.07, 6.45) is 10.2. The van der Waals surface area contributed by atoms with Crippen molar-refractivity contribution in [3.8, 4) is 0 Å². The lowest BCUT2D eigenvalue weighted by molar-refractivity contribution is -0.892. The molecule has 0 bridgehead atoms. The first kappa shape index (κ1) is 16.2. The van der Waals surface area contributed by atoms with Crippen LogP contribution in [-0.2, 0) is 0 Å². The molecule has 3 heterocycles. The van der Waals surface area contributed by atoms with Crippen LogP contribution in [0.1, 0.15) is 65.8 Å². The van der Waals surface area contributed by atoms with E-state index in [9.17, 15) is 9.59 Å². The number of rotatable bonds is 4. The third-order valence-electron chi connectivity index (χ3n) is 5.10. The quantitative estimate of drug-likeness (QED) is 0.822. The van der Waals surface area contributed by atoms with Gasteiger partial charge in [0.25, 0.3) is 5.91 Å². The number of amides is 1. The van der Waals surface area contributed by atoms with Gasteiger partial charge in [0.2, 0.25) is 5.78 Å². The fourth-order valence-electron chi connectivity index (χ4n) is 3.68. The molecule has 3 rings (SSSR count). The summed E-state index contributed by atoms with van der Waals surface area (Å²) in [4.78, 5) is 31.1. The number of Topliss-reactive ketones (excluding diaryl/α,β-unsaturated/α-hetero) is 1. The maximum Gasteiger partial charge on any atom is 0.270 e. The molecular weight excluding hydrogens is 290 g/mol. The van der Waals surface area contributed by atoms with E-state index in [1.807, 2.05) is 4.90 Å². The zero-order valence-electron chi connectivity index (χ0n) is 13.9. The van der Waals surface area contributed by atoms with Gasteiger partial charge in [0.05, 0.1) is 13.1 Å². The topological polar surface area (TPSA) is 57.6 Å². The predicted octanol–water partition coefficient (Wildman–Crippen LogP) is 1.28. The fraction of sp³-hybridized carbons (Fsp3) is 0.667. The number of aromatic nitrogens is 1. The Bertz CT molecular complexity index is 538. The van der Waals surface area contributed by atoms with Crippen LogP contribution in [-0.4, -0.2) is 54.3 Å². The minimum absolute atomic E-state index is 0.0279. The maximum absolute atomic E-state index is 12.5. The smallest absolute Gasteiger partial charge is 0.270 e. The molecule has 0 saturated carbocycles. The van der Waals surface area contributed by atoms with Crippen LogP contribution in [0.3, 0.4) is 0 Å². The van der Waals surface area contributed by atoms with Crippen LogP contribution in [0.5, 0.6) is 0 Å². The lowest BCUT2D eigenvalue weighted by atomic mass is 10.1. The second-order valence-corrected chi connectivity index (χ2v) is 6.92. The second-order valence-electron chi connectivity index (χ2n) is 6.92. The Morgan fingerprint density at radius 3 is 2.35 bits per heavy atom. The molecule has 2 fully saturated rings. The summed E-state index contributed by atoms with van der Waals surface area (Å²) in [5.41, 5.74) is 1.21. The van der Waals surface area contributed by atoms with Crippen molar-refractivity contribution in [2.24, 2.45) is 0 Å². The number of aromatic amines is 1. The minimum Gasteiger partial charge on any atom is -0.356 e. The Balaban J connectivity index is 1.58. The minimum atomic E-state index is 0.0279. The Kier molecular flexibility index (Phi) is 5.49. The number of ketones is 1. The first-order chi connectivity index (χ1) is 11.2. The van der Waals surface area contributed by atoms with Gasteiger partial charge in [0.1, 0.15) is 12.2 Å². The molecule has 2 aliphatic heterocycles. The van der Waals surface area contributed by atoms with Gasteiger partial charge in [0.15, 0.2) is 0 Å². The summed E-state index contributed by atoms with van der Waals surface area (Å²) in [7, 11) is 0. The van der Waals surface area contributed by atoms with Crippen molar-refractivity contribution in [2.45, 2.75) is 44.9 Å². The number of H-pyrrole nitrogens is 1. The predicted molar refractivity (Wildman–Crippen MR) is 88.9 cm³/mol. The van der Waals surface area contributed by atoms with Gasteiger partial charge in [-0.3, -0.25) is 9.59 Å². The number of quaternary nitrogens is 1. The third-order valence-corrected chi connectivity index (χ3v) is 5.10. The van der Waals surface area contributed by atoms with E-state index >= 15 is 0 Å². The number of nitrogens with one attached hydrogen (secondary N) is 2. The van der Waals surface area contributed by atoms with Gasteiger partial charge < -0.3 is 14.8 Å². The van der Waals surface area contributed by atoms with Crippen LogP contribution in [0.2, 0.25) is 0 Å². The highest BCUT2D eigenvalue weighted by Crippen LogP contribution is 2.13. The van der Waals surface area contributed by atoms with Crippen molar-refractivity contribution >= 4 is 11.7 Å². The van der Waals surface area contributed by atoms with E-state index in [2.05, 4.69) is 4.98 Å². The highest BCUT2D eigenvalue weighted by Gasteiger charge is 2.23. The fourth-order valence-corrected chi connectivity index (χ4v) is 3.68. The Hall–Kier alpha value is -1.62. The molecule has 1 aromatic rings. The Morgan fingerprint density at radius 1 is 1.00 bits per heavy atom. The molecule has 2 N–H and O–H groups in total. The monoisotopic (exact) mass is 318 g/mol. The Morgan fingerprint density at radius 2 is 1.65 bits per heavy atom. The normalized spacial score (nSPS) is 20.3. The van der Waals surface area contributed by atoms with E-state index in [0.717, 1.165) is 39.0 Å². The summed E-state index contributed by atoms with van der Waals surface area (Å²) in [5, 5.41) is 0. The van der Waals surface area contributed by atoms with Crippen molar-refractivity contribution in [3.63, 3.8) is 0 Å². The first-order valence-electron chi connectivity index (χ1n) is 9.08. The SMILES string of the molecule is O=C(C[NH+]1CCCCCCC1)c1c[nH]c(C(=O)N2CCCC2)c1. The molecule has 5 nitrogen and oxygen atoms in total. The van der Waals surface area contributed by atoms with E-state index in [1.165, 1.54) is 37.0 Å². The molecule has 126 valence electrons. The van der Waals surface area contributed by atoms with Crippen LogP contribution in [0.15, 0.2) is 12.3 Å². The van der Waals surface area contributed by atoms with Crippen molar-refractivity contribution in [2.75, 3.05) is 32.7 Å². The molecule has 0 atom stereocenters. The molecule has 0 aliphatic carbocycles. The molecular formula is C18H28N3O2+. The van der Waals surface area contributed by atoms with Gasteiger partial charge in [-0.05, 0) is 44.6 Å². The summed E-state index contributed by atoms with van der Waals surface area (Å²) in [6, 6.07) is 1.74. The largest absolute Gasteiger partial charge is 0.356 e. The summed E-state index contributed by atoms with van der Waals surface area (Å²) in [5.74, 6) is 0.178. The van der Waals surface area contributed by atoms with E-state index in [-0.39, 0.29) is 11.7 Å². The average Bonchev–Trinajstić information content (AvgIpc) is 3.20. The number of carbonyl (C=O) groups is 2. The zero-order valence-corrected chi connectivity index (χ0v) is 13.9. The van der Waals surface area contributed by atoms with Crippen LogP contribution < -0.4 is 4.90 Å². The summed E-state index contributed by atoms with van der Waals surface area (Å²) >= 11 is 0. The standard InChI is InChI=1S/C18H27N3O2/c22-17(14-20-8-4-2-1-3-5-9-20)15-12-16(19-13-15)18(23)21-10-6-7-11-21/h12-13,19H,1-11,14H2/p+1. The van der Waals surface area contributed by atoms with Gasteiger partial charge in [-0.1, -0.05) is 6.42 Å². The Labute approximate surface area is 138 Å². The van der Waals surface area contributed by atoms with Crippen molar-refractivity contribution in [1.82, 2.24) is 9.88 Å². The van der Waals surface area contributed by atoms with Gasteiger partial charge in [0, 0.05) is 24.8 Å². The van der Waals surface area contributed by atoms with E-state index in [4.69, 9.17) is 0 Å². The summed E-state index contributed by atoms with van der Waals surface area (Å²) in [6.45, 7) is 4.40.